The molecule has 1 aliphatic carbocycles. The molecule has 0 fully saturated rings. The van der Waals surface area contributed by atoms with Crippen LogP contribution in [0.25, 0.3) is 154 Å². The molecule has 6 heteroatoms. The maximum absolute atomic E-state index is 6.77. The molecular weight excluding hydrogens is 1220 g/mol. The van der Waals surface area contributed by atoms with Gasteiger partial charge < -0.3 is 13.3 Å². The largest absolute Gasteiger partial charge is 0.454 e. The molecule has 0 radical (unpaired) electrons. The molecule has 1 aliphatic rings. The smallest absolute Gasteiger partial charge is 0.154 e. The number of furan rings is 3. The highest BCUT2D eigenvalue weighted by Crippen LogP contribution is 2.51. The van der Waals surface area contributed by atoms with Crippen LogP contribution in [0.15, 0.2) is 286 Å². The van der Waals surface area contributed by atoms with Gasteiger partial charge in [0.05, 0.1) is 13.6 Å². The summed E-state index contributed by atoms with van der Waals surface area (Å²) in [5, 5.41) is 15.1. The Morgan fingerprint density at radius 2 is 0.713 bits per heavy atom. The van der Waals surface area contributed by atoms with Gasteiger partial charge >= 0.3 is 0 Å². The summed E-state index contributed by atoms with van der Waals surface area (Å²) in [6.07, 6.45) is 0. The van der Waals surface area contributed by atoms with E-state index in [9.17, 15) is 0 Å². The van der Waals surface area contributed by atoms with Gasteiger partial charge in [-0.2, -0.15) is 0 Å². The number of hydrogen-bond acceptors (Lipinski definition) is 3. The lowest BCUT2D eigenvalue weighted by atomic mass is 9.81. The van der Waals surface area contributed by atoms with E-state index in [1.807, 2.05) is 36.4 Å². The Kier molecular flexibility index (Phi) is 12.9. The molecule has 0 saturated carbocycles. The van der Waals surface area contributed by atoms with Crippen LogP contribution in [0.3, 0.4) is 0 Å². The molecule has 0 unspecified atom stereocenters. The lowest BCUT2D eigenvalue weighted by Crippen LogP contribution is -2.14. The fraction of sp³-hybridized carbons (Fsp3) is 0.0370. The Hall–Kier alpha value is -9.43. The second-order valence-electron chi connectivity index (χ2n) is 23.1. The molecule has 87 heavy (non-hydrogen) atoms. The van der Waals surface area contributed by atoms with Crippen LogP contribution in [-0.4, -0.2) is 0 Å². The topological polar surface area (TPSA) is 39.4 Å². The summed E-state index contributed by atoms with van der Waals surface area (Å²) < 4.78 is 19.9. The van der Waals surface area contributed by atoms with Crippen molar-refractivity contribution in [2.45, 2.75) is 19.3 Å². The molecule has 0 spiro atoms. The Morgan fingerprint density at radius 1 is 0.287 bits per heavy atom. The molecule has 17 aromatic rings. The van der Waals surface area contributed by atoms with Crippen LogP contribution in [-0.2, 0) is 5.41 Å². The standard InChI is InChI=1S/C31H21ClO.C28H17IO.C22H13ClO/c1-31(2)26-10-6-5-9-22(26)23-12-11-20(15-27(23)31)21-14-25-24-13-18-7-3-4-8-19(18)17-29(24)33-30(25)28(32)16-21;29-25-17-21(18-9-3-1-4-10-18)16-23-24-15-20-13-7-8-14-22(20)26(28(24)30-27(23)25)19-11-5-2-6-12-19;23-20-12-17(14-6-2-1-3-7-14)11-19-18-10-15-8-4-5-9-16(15)13-21(18)24-22(19)20/h3-17H,1-2H3;1-17H;1-13H. The van der Waals surface area contributed by atoms with Crippen molar-refractivity contribution in [1.29, 1.82) is 0 Å². The van der Waals surface area contributed by atoms with Gasteiger partial charge in [0.1, 0.15) is 22.3 Å². The van der Waals surface area contributed by atoms with Crippen molar-refractivity contribution < 1.29 is 13.3 Å². The minimum absolute atomic E-state index is 0.0307. The molecule has 414 valence electrons. The average Bonchev–Trinajstić information content (AvgIpc) is 1.73. The molecule has 0 amide bonds. The summed E-state index contributed by atoms with van der Waals surface area (Å²) >= 11 is 15.7. The second kappa shape index (κ2) is 21.2. The van der Waals surface area contributed by atoms with Gasteiger partial charge in [0.25, 0.3) is 0 Å². The van der Waals surface area contributed by atoms with Gasteiger partial charge in [-0.3, -0.25) is 0 Å². The fourth-order valence-electron chi connectivity index (χ4n) is 13.2. The summed E-state index contributed by atoms with van der Waals surface area (Å²) in [4.78, 5) is 0. The minimum Gasteiger partial charge on any atom is -0.454 e. The molecule has 0 aliphatic heterocycles. The molecule has 3 aromatic heterocycles. The minimum atomic E-state index is -0.0307. The van der Waals surface area contributed by atoms with Gasteiger partial charge in [0.2, 0.25) is 0 Å². The normalized spacial score (nSPS) is 12.5. The predicted octanol–water partition coefficient (Wildman–Crippen LogP) is 25.1. The number of hydrogen-bond donors (Lipinski definition) is 0. The first-order chi connectivity index (χ1) is 42.6. The summed E-state index contributed by atoms with van der Waals surface area (Å²) in [5.41, 5.74) is 19.8. The van der Waals surface area contributed by atoms with Gasteiger partial charge in [-0.15, -0.1) is 0 Å². The molecule has 0 bridgehead atoms. The van der Waals surface area contributed by atoms with Crippen LogP contribution in [0.5, 0.6) is 0 Å². The third-order valence-electron chi connectivity index (χ3n) is 17.5. The molecular formula is C81H51Cl2IO3. The van der Waals surface area contributed by atoms with E-state index in [0.29, 0.717) is 10.0 Å². The van der Waals surface area contributed by atoms with Gasteiger partial charge in [-0.1, -0.05) is 237 Å². The monoisotopic (exact) mass is 1270 g/mol. The zero-order chi connectivity index (χ0) is 58.5. The van der Waals surface area contributed by atoms with Crippen LogP contribution in [0.1, 0.15) is 25.0 Å². The van der Waals surface area contributed by atoms with Gasteiger partial charge in [0, 0.05) is 43.3 Å². The van der Waals surface area contributed by atoms with Crippen LogP contribution >= 0.6 is 45.8 Å². The summed E-state index contributed by atoms with van der Waals surface area (Å²) in [6.45, 7) is 4.62. The third kappa shape index (κ3) is 9.16. The lowest BCUT2D eigenvalue weighted by Gasteiger charge is -2.22. The summed E-state index contributed by atoms with van der Waals surface area (Å²) in [7, 11) is 0. The van der Waals surface area contributed by atoms with Gasteiger partial charge in [0.15, 0.2) is 11.2 Å². The molecule has 0 atom stereocenters. The van der Waals surface area contributed by atoms with Gasteiger partial charge in [-0.05, 0) is 189 Å². The highest BCUT2D eigenvalue weighted by Gasteiger charge is 2.35. The Balaban J connectivity index is 0.000000107. The maximum Gasteiger partial charge on any atom is 0.154 e. The number of halogens is 3. The summed E-state index contributed by atoms with van der Waals surface area (Å²) in [6, 6.07) is 95.9. The van der Waals surface area contributed by atoms with Crippen LogP contribution in [0, 0.1) is 3.57 Å². The van der Waals surface area contributed by atoms with Crippen LogP contribution in [0.2, 0.25) is 10.0 Å². The first-order valence-corrected chi connectivity index (χ1v) is 31.0. The maximum atomic E-state index is 6.77. The highest BCUT2D eigenvalue weighted by molar-refractivity contribution is 14.1. The van der Waals surface area contributed by atoms with Crippen molar-refractivity contribution in [3.05, 3.63) is 298 Å². The van der Waals surface area contributed by atoms with E-state index in [-0.39, 0.29) is 5.41 Å². The molecule has 18 rings (SSSR count). The van der Waals surface area contributed by atoms with E-state index in [2.05, 4.69) is 273 Å². The van der Waals surface area contributed by atoms with E-state index in [0.717, 1.165) is 80.9 Å². The Bertz CT molecular complexity index is 5580. The van der Waals surface area contributed by atoms with Crippen molar-refractivity contribution in [3.8, 4) is 55.6 Å². The molecule has 0 saturated heterocycles. The van der Waals surface area contributed by atoms with Crippen molar-refractivity contribution in [1.82, 2.24) is 0 Å². The van der Waals surface area contributed by atoms with Crippen LogP contribution < -0.4 is 0 Å². The molecule has 0 N–H and O–H groups in total. The summed E-state index contributed by atoms with van der Waals surface area (Å²) in [5.74, 6) is 0. The molecule has 3 heterocycles. The third-order valence-corrected chi connectivity index (χ3v) is 18.9. The first kappa shape index (κ1) is 53.1. The number of rotatable bonds is 4. The first-order valence-electron chi connectivity index (χ1n) is 29.2. The SMILES string of the molecule is CC1(C)c2ccccc2-c2ccc(-c3cc(Cl)c4oc5cc6ccccc6cc5c4c3)cc21.Clc1cc(-c2ccccc2)cc2c1oc1cc3ccccc3cc12.Ic1cc(-c2ccccc2)cc2c1oc1c(-c3ccccc3)c3ccccc3cc12. The van der Waals surface area contributed by atoms with E-state index in [1.54, 1.807) is 0 Å². The van der Waals surface area contributed by atoms with E-state index >= 15 is 0 Å². The van der Waals surface area contributed by atoms with Crippen LogP contribution in [0.4, 0.5) is 0 Å². The average molecular weight is 1270 g/mol. The van der Waals surface area contributed by atoms with Crippen molar-refractivity contribution in [2.24, 2.45) is 0 Å². The predicted molar refractivity (Wildman–Crippen MR) is 376 cm³/mol. The fourth-order valence-corrected chi connectivity index (χ4v) is 14.5. The van der Waals surface area contributed by atoms with E-state index < -0.39 is 0 Å². The molecule has 3 nitrogen and oxygen atoms in total. The number of fused-ring (bicyclic) bond motifs is 15. The van der Waals surface area contributed by atoms with Crippen molar-refractivity contribution in [2.75, 3.05) is 0 Å². The van der Waals surface area contributed by atoms with Crippen molar-refractivity contribution in [3.63, 3.8) is 0 Å². The highest BCUT2D eigenvalue weighted by atomic mass is 127. The number of benzene rings is 14. The lowest BCUT2D eigenvalue weighted by molar-refractivity contribution is 0.660. The Morgan fingerprint density at radius 3 is 1.29 bits per heavy atom. The zero-order valence-corrected chi connectivity index (χ0v) is 51.0. The quantitative estimate of drug-likeness (QED) is 0.165. The second-order valence-corrected chi connectivity index (χ2v) is 25.1. The zero-order valence-electron chi connectivity index (χ0n) is 47.3. The molecule has 14 aromatic carbocycles. The van der Waals surface area contributed by atoms with Crippen molar-refractivity contribution >= 4 is 144 Å². The van der Waals surface area contributed by atoms with Gasteiger partial charge in [-0.25, -0.2) is 0 Å². The van der Waals surface area contributed by atoms with E-state index in [4.69, 9.17) is 36.5 Å². The Labute approximate surface area is 525 Å². The van der Waals surface area contributed by atoms with E-state index in [1.165, 1.54) is 87.6 Å².